The Morgan fingerprint density at radius 1 is 0.667 bits per heavy atom. The summed E-state index contributed by atoms with van der Waals surface area (Å²) in [7, 11) is 0. The normalized spacial score (nSPS) is 10.3. The number of nitrogens with zero attached hydrogens (tertiary/aromatic N) is 3. The van der Waals surface area contributed by atoms with Crippen molar-refractivity contribution < 1.29 is 9.59 Å². The summed E-state index contributed by atoms with van der Waals surface area (Å²) in [6.07, 6.45) is 6.88. The van der Waals surface area contributed by atoms with Crippen LogP contribution in [0.1, 0.15) is 21.5 Å². The summed E-state index contributed by atoms with van der Waals surface area (Å²) >= 11 is 0. The predicted molar refractivity (Wildman–Crippen MR) is 128 cm³/mol. The number of anilines is 2. The van der Waals surface area contributed by atoms with Gasteiger partial charge in [0.25, 0.3) is 5.91 Å². The fraction of sp³-hybridized carbons (Fsp3) is 0.0769. The van der Waals surface area contributed by atoms with E-state index in [-0.39, 0.29) is 11.9 Å². The second-order valence-electron chi connectivity index (χ2n) is 7.40. The van der Waals surface area contributed by atoms with Gasteiger partial charge in [-0.25, -0.2) is 4.79 Å². The number of hydrogen-bond donors (Lipinski definition) is 2. The molecular formula is C26H23N5O2. The molecule has 0 atom stereocenters. The van der Waals surface area contributed by atoms with Gasteiger partial charge in [-0.15, -0.1) is 0 Å². The third-order valence-corrected chi connectivity index (χ3v) is 4.93. The van der Waals surface area contributed by atoms with Crippen molar-refractivity contribution in [3.05, 3.63) is 120 Å². The summed E-state index contributed by atoms with van der Waals surface area (Å²) in [5.74, 6) is -0.115. The first-order valence-corrected chi connectivity index (χ1v) is 10.5. The molecule has 0 aliphatic carbocycles. The van der Waals surface area contributed by atoms with Gasteiger partial charge in [0, 0.05) is 54.8 Å². The van der Waals surface area contributed by atoms with Crippen LogP contribution in [0.15, 0.2) is 104 Å². The summed E-state index contributed by atoms with van der Waals surface area (Å²) in [4.78, 5) is 35.5. The molecule has 4 aromatic rings. The zero-order chi connectivity index (χ0) is 22.9. The maximum atomic E-state index is 13.3. The lowest BCUT2D eigenvalue weighted by atomic mass is 10.1. The lowest BCUT2D eigenvalue weighted by Crippen LogP contribution is -2.30. The molecule has 0 aliphatic heterocycles. The SMILES string of the molecule is O=C(Nc1ccccc1)Nc1ccc(C(=O)N(Cc2ccncc2)Cc2cccnc2)cc1. The molecule has 0 radical (unpaired) electrons. The quantitative estimate of drug-likeness (QED) is 0.428. The number of para-hydroxylation sites is 1. The van der Waals surface area contributed by atoms with Crippen LogP contribution in [0.25, 0.3) is 0 Å². The molecule has 2 heterocycles. The Morgan fingerprint density at radius 2 is 1.33 bits per heavy atom. The number of hydrogen-bond acceptors (Lipinski definition) is 4. The number of urea groups is 1. The second kappa shape index (κ2) is 10.7. The Bertz CT molecular complexity index is 1140. The van der Waals surface area contributed by atoms with Crippen LogP contribution in [-0.2, 0) is 13.1 Å². The van der Waals surface area contributed by atoms with Crippen molar-refractivity contribution in [1.82, 2.24) is 14.9 Å². The van der Waals surface area contributed by atoms with E-state index in [4.69, 9.17) is 0 Å². The molecule has 0 aliphatic rings. The highest BCUT2D eigenvalue weighted by atomic mass is 16.2. The first kappa shape index (κ1) is 21.7. The van der Waals surface area contributed by atoms with Gasteiger partial charge >= 0.3 is 6.03 Å². The fourth-order valence-corrected chi connectivity index (χ4v) is 3.31. The van der Waals surface area contributed by atoms with Crippen LogP contribution in [0.3, 0.4) is 0 Å². The fourth-order valence-electron chi connectivity index (χ4n) is 3.31. The van der Waals surface area contributed by atoms with Gasteiger partial charge in [-0.05, 0) is 65.7 Å². The molecule has 3 amide bonds. The van der Waals surface area contributed by atoms with Crippen molar-refractivity contribution in [2.75, 3.05) is 10.6 Å². The number of rotatable bonds is 7. The van der Waals surface area contributed by atoms with Crippen molar-refractivity contribution in [3.63, 3.8) is 0 Å². The Kier molecular flexibility index (Phi) is 7.02. The van der Waals surface area contributed by atoms with Crippen LogP contribution >= 0.6 is 0 Å². The summed E-state index contributed by atoms with van der Waals surface area (Å²) < 4.78 is 0. The molecule has 2 N–H and O–H groups in total. The molecule has 0 saturated heterocycles. The van der Waals surface area contributed by atoms with Crippen LogP contribution in [-0.4, -0.2) is 26.8 Å². The molecular weight excluding hydrogens is 414 g/mol. The molecule has 0 bridgehead atoms. The van der Waals surface area contributed by atoms with Gasteiger partial charge in [-0.1, -0.05) is 24.3 Å². The number of benzene rings is 2. The molecule has 0 spiro atoms. The minimum Gasteiger partial charge on any atom is -0.330 e. The Hall–Kier alpha value is -4.52. The predicted octanol–water partition coefficient (Wildman–Crippen LogP) is 4.96. The zero-order valence-corrected chi connectivity index (χ0v) is 17.9. The van der Waals surface area contributed by atoms with Gasteiger partial charge in [0.15, 0.2) is 0 Å². The number of nitrogens with one attached hydrogen (secondary N) is 2. The zero-order valence-electron chi connectivity index (χ0n) is 17.9. The van der Waals surface area contributed by atoms with E-state index in [9.17, 15) is 9.59 Å². The molecule has 2 aromatic heterocycles. The molecule has 7 heteroatoms. The highest BCUT2D eigenvalue weighted by Gasteiger charge is 2.17. The molecule has 2 aromatic carbocycles. The number of aromatic nitrogens is 2. The van der Waals surface area contributed by atoms with Crippen LogP contribution in [0, 0.1) is 0 Å². The maximum Gasteiger partial charge on any atom is 0.323 e. The largest absolute Gasteiger partial charge is 0.330 e. The first-order valence-electron chi connectivity index (χ1n) is 10.5. The van der Waals surface area contributed by atoms with Crippen LogP contribution in [0.2, 0.25) is 0 Å². The number of carbonyl (C=O) groups excluding carboxylic acids is 2. The van der Waals surface area contributed by atoms with E-state index in [1.807, 2.05) is 42.5 Å². The van der Waals surface area contributed by atoms with Gasteiger partial charge in [-0.3, -0.25) is 14.8 Å². The van der Waals surface area contributed by atoms with Crippen molar-refractivity contribution in [1.29, 1.82) is 0 Å². The third kappa shape index (κ3) is 6.24. The van der Waals surface area contributed by atoms with E-state index in [2.05, 4.69) is 20.6 Å². The van der Waals surface area contributed by atoms with Gasteiger partial charge in [0.1, 0.15) is 0 Å². The standard InChI is InChI=1S/C26H23N5O2/c32-25(31(18-20-12-15-27-16-13-20)19-21-5-4-14-28-17-21)22-8-10-24(11-9-22)30-26(33)29-23-6-2-1-3-7-23/h1-17H,18-19H2,(H2,29,30,33). The summed E-state index contributed by atoms with van der Waals surface area (Å²) in [6, 6.07) is 23.3. The summed E-state index contributed by atoms with van der Waals surface area (Å²) in [6.45, 7) is 0.865. The van der Waals surface area contributed by atoms with Crippen LogP contribution in [0.4, 0.5) is 16.2 Å². The van der Waals surface area contributed by atoms with Crippen molar-refractivity contribution >= 4 is 23.3 Å². The monoisotopic (exact) mass is 437 g/mol. The van der Waals surface area contributed by atoms with E-state index in [1.54, 1.807) is 66.1 Å². The molecule has 33 heavy (non-hydrogen) atoms. The average molecular weight is 438 g/mol. The number of amides is 3. The van der Waals surface area contributed by atoms with Gasteiger partial charge in [0.05, 0.1) is 0 Å². The molecule has 0 fully saturated rings. The Labute approximate surface area is 192 Å². The van der Waals surface area contributed by atoms with Gasteiger partial charge in [-0.2, -0.15) is 0 Å². The number of pyridine rings is 2. The minimum absolute atomic E-state index is 0.115. The highest BCUT2D eigenvalue weighted by Crippen LogP contribution is 2.16. The first-order chi connectivity index (χ1) is 16.2. The molecule has 0 unspecified atom stereocenters. The maximum absolute atomic E-state index is 13.3. The molecule has 0 saturated carbocycles. The molecule has 164 valence electrons. The summed E-state index contributed by atoms with van der Waals surface area (Å²) in [5.41, 5.74) is 3.74. The Balaban J connectivity index is 1.45. The van der Waals surface area contributed by atoms with Crippen molar-refractivity contribution in [2.45, 2.75) is 13.1 Å². The van der Waals surface area contributed by atoms with Crippen molar-refractivity contribution in [2.24, 2.45) is 0 Å². The highest BCUT2D eigenvalue weighted by molar-refractivity contribution is 6.00. The number of carbonyl (C=O) groups is 2. The van der Waals surface area contributed by atoms with Gasteiger partial charge < -0.3 is 15.5 Å². The van der Waals surface area contributed by atoms with Crippen LogP contribution in [0.5, 0.6) is 0 Å². The smallest absolute Gasteiger partial charge is 0.323 e. The second-order valence-corrected chi connectivity index (χ2v) is 7.40. The lowest BCUT2D eigenvalue weighted by Gasteiger charge is -2.23. The van der Waals surface area contributed by atoms with E-state index in [1.165, 1.54) is 0 Å². The summed E-state index contributed by atoms with van der Waals surface area (Å²) in [5, 5.41) is 5.54. The van der Waals surface area contributed by atoms with Crippen LogP contribution < -0.4 is 10.6 Å². The lowest BCUT2D eigenvalue weighted by molar-refractivity contribution is 0.0730. The topological polar surface area (TPSA) is 87.2 Å². The molecule has 7 nitrogen and oxygen atoms in total. The minimum atomic E-state index is -0.351. The average Bonchev–Trinajstić information content (AvgIpc) is 2.85. The van der Waals surface area contributed by atoms with Crippen molar-refractivity contribution in [3.8, 4) is 0 Å². The van der Waals surface area contributed by atoms with E-state index in [0.29, 0.717) is 30.0 Å². The van der Waals surface area contributed by atoms with E-state index < -0.39 is 0 Å². The van der Waals surface area contributed by atoms with E-state index in [0.717, 1.165) is 11.1 Å². The van der Waals surface area contributed by atoms with E-state index >= 15 is 0 Å². The third-order valence-electron chi connectivity index (χ3n) is 4.93. The Morgan fingerprint density at radius 3 is 2.00 bits per heavy atom. The van der Waals surface area contributed by atoms with Gasteiger partial charge in [0.2, 0.25) is 0 Å². The molecule has 4 rings (SSSR count).